The first-order valence-corrected chi connectivity index (χ1v) is 9.56. The number of nitrogens with zero attached hydrogens (tertiary/aromatic N) is 3. The molecule has 9 nitrogen and oxygen atoms in total. The number of hydrogen-bond donors (Lipinski definition) is 3. The van der Waals surface area contributed by atoms with Crippen molar-refractivity contribution >= 4 is 28.9 Å². The van der Waals surface area contributed by atoms with Gasteiger partial charge in [0.05, 0.1) is 16.8 Å². The van der Waals surface area contributed by atoms with Crippen molar-refractivity contribution in [2.45, 2.75) is 6.92 Å². The van der Waals surface area contributed by atoms with Crippen molar-refractivity contribution < 1.29 is 19.9 Å². The Kier molecular flexibility index (Phi) is 5.30. The highest BCUT2D eigenvalue weighted by Gasteiger charge is 2.21. The number of hydrazone groups is 1. The third-order valence-electron chi connectivity index (χ3n) is 4.94. The van der Waals surface area contributed by atoms with E-state index in [1.807, 2.05) is 31.2 Å². The number of fused-ring (bicyclic) bond motifs is 1. The molecule has 32 heavy (non-hydrogen) atoms. The number of aryl methyl sites for hydroxylation is 1. The van der Waals surface area contributed by atoms with Crippen molar-refractivity contribution in [3.8, 4) is 11.5 Å². The molecule has 160 valence electrons. The fraction of sp³-hybridized carbons (Fsp3) is 0.0435. The molecule has 4 rings (SSSR count). The number of rotatable bonds is 6. The molecule has 0 fully saturated rings. The van der Waals surface area contributed by atoms with Crippen molar-refractivity contribution in [1.29, 1.82) is 0 Å². The van der Waals surface area contributed by atoms with Gasteiger partial charge in [0.2, 0.25) is 5.78 Å². The van der Waals surface area contributed by atoms with E-state index in [2.05, 4.69) is 10.5 Å². The standard InChI is InChI=1S/C23H18N4O5/c1-14-10-17-4-2-3-9-26(17)22(14)23(30)15-6-8-19(20(11-15)27(31)32)25-24-13-16-5-7-18(28)12-21(16)29/h2-13,25,28-29H,1H3/b24-13+. The molecule has 0 bridgehead atoms. The molecule has 0 saturated carbocycles. The smallest absolute Gasteiger partial charge is 0.294 e. The van der Waals surface area contributed by atoms with E-state index in [0.717, 1.165) is 17.1 Å². The van der Waals surface area contributed by atoms with Crippen LogP contribution in [-0.4, -0.2) is 31.5 Å². The van der Waals surface area contributed by atoms with Crippen LogP contribution in [-0.2, 0) is 0 Å². The fourth-order valence-corrected chi connectivity index (χ4v) is 3.41. The number of phenolic OH excluding ortho intramolecular Hbond substituents is 2. The minimum absolute atomic E-state index is 0.0813. The number of nitrogens with one attached hydrogen (secondary N) is 1. The molecule has 4 aromatic rings. The average molecular weight is 430 g/mol. The largest absolute Gasteiger partial charge is 0.508 e. The molecular formula is C23H18N4O5. The SMILES string of the molecule is Cc1cc2ccccn2c1C(=O)c1ccc(N/N=C/c2ccc(O)cc2O)c([N+](=O)[O-])c1. The second-order valence-electron chi connectivity index (χ2n) is 7.10. The molecule has 3 N–H and O–H groups in total. The van der Waals surface area contributed by atoms with E-state index >= 15 is 0 Å². The monoisotopic (exact) mass is 430 g/mol. The van der Waals surface area contributed by atoms with Crippen LogP contribution in [0.5, 0.6) is 11.5 Å². The van der Waals surface area contributed by atoms with E-state index in [4.69, 9.17) is 0 Å². The molecule has 2 heterocycles. The highest BCUT2D eigenvalue weighted by atomic mass is 16.6. The first kappa shape index (κ1) is 20.6. The van der Waals surface area contributed by atoms with Crippen molar-refractivity contribution in [2.24, 2.45) is 5.10 Å². The molecule has 0 aliphatic carbocycles. The van der Waals surface area contributed by atoms with Gasteiger partial charge in [0, 0.05) is 35.0 Å². The topological polar surface area (TPSA) is 129 Å². The number of nitro groups is 1. The third-order valence-corrected chi connectivity index (χ3v) is 4.94. The quantitative estimate of drug-likeness (QED) is 0.182. The van der Waals surface area contributed by atoms with Gasteiger partial charge in [-0.25, -0.2) is 0 Å². The lowest BCUT2D eigenvalue weighted by Gasteiger charge is -2.07. The van der Waals surface area contributed by atoms with E-state index in [1.165, 1.54) is 36.5 Å². The molecule has 0 radical (unpaired) electrons. The van der Waals surface area contributed by atoms with Crippen molar-refractivity contribution in [3.05, 3.63) is 99.4 Å². The third kappa shape index (κ3) is 3.86. The number of aromatic nitrogens is 1. The molecule has 0 spiro atoms. The van der Waals surface area contributed by atoms with E-state index in [0.29, 0.717) is 11.3 Å². The summed E-state index contributed by atoms with van der Waals surface area (Å²) in [6, 6.07) is 15.5. The second-order valence-corrected chi connectivity index (χ2v) is 7.10. The number of ketones is 1. The Labute approximate surface area is 182 Å². The molecule has 0 unspecified atom stereocenters. The molecule has 0 atom stereocenters. The van der Waals surface area contributed by atoms with Crippen LogP contribution in [0, 0.1) is 17.0 Å². The molecule has 0 amide bonds. The number of phenols is 2. The number of benzene rings is 2. The van der Waals surface area contributed by atoms with Gasteiger partial charge in [-0.3, -0.25) is 20.3 Å². The van der Waals surface area contributed by atoms with Crippen LogP contribution in [0.1, 0.15) is 27.2 Å². The Balaban J connectivity index is 1.64. The molecule has 0 aliphatic rings. The summed E-state index contributed by atoms with van der Waals surface area (Å²) in [7, 11) is 0. The van der Waals surface area contributed by atoms with Gasteiger partial charge in [0.15, 0.2) is 0 Å². The fourth-order valence-electron chi connectivity index (χ4n) is 3.41. The van der Waals surface area contributed by atoms with E-state index < -0.39 is 4.92 Å². The van der Waals surface area contributed by atoms with Gasteiger partial charge in [0.25, 0.3) is 5.69 Å². The summed E-state index contributed by atoms with van der Waals surface area (Å²) in [4.78, 5) is 24.2. The zero-order chi connectivity index (χ0) is 22.8. The summed E-state index contributed by atoms with van der Waals surface area (Å²) in [5.74, 6) is -0.629. The lowest BCUT2D eigenvalue weighted by Crippen LogP contribution is -2.08. The predicted molar refractivity (Wildman–Crippen MR) is 120 cm³/mol. The van der Waals surface area contributed by atoms with Gasteiger partial charge in [-0.15, -0.1) is 0 Å². The summed E-state index contributed by atoms with van der Waals surface area (Å²) in [6.07, 6.45) is 3.03. The van der Waals surface area contributed by atoms with Crippen LogP contribution in [0.3, 0.4) is 0 Å². The zero-order valence-corrected chi connectivity index (χ0v) is 16.9. The Morgan fingerprint density at radius 3 is 2.69 bits per heavy atom. The lowest BCUT2D eigenvalue weighted by molar-refractivity contribution is -0.384. The van der Waals surface area contributed by atoms with Gasteiger partial charge < -0.3 is 14.6 Å². The highest BCUT2D eigenvalue weighted by Crippen LogP contribution is 2.28. The Bertz CT molecular complexity index is 1390. The van der Waals surface area contributed by atoms with Crippen LogP contribution in [0.2, 0.25) is 0 Å². The van der Waals surface area contributed by atoms with Crippen LogP contribution in [0.4, 0.5) is 11.4 Å². The second kappa shape index (κ2) is 8.23. The highest BCUT2D eigenvalue weighted by molar-refractivity contribution is 6.10. The van der Waals surface area contributed by atoms with Gasteiger partial charge in [-0.1, -0.05) is 6.07 Å². The van der Waals surface area contributed by atoms with Gasteiger partial charge in [-0.05, 0) is 55.0 Å². The summed E-state index contributed by atoms with van der Waals surface area (Å²) >= 11 is 0. The Morgan fingerprint density at radius 2 is 1.94 bits per heavy atom. The number of anilines is 1. The summed E-state index contributed by atoms with van der Waals surface area (Å²) < 4.78 is 1.75. The van der Waals surface area contributed by atoms with E-state index in [-0.39, 0.29) is 34.2 Å². The van der Waals surface area contributed by atoms with E-state index in [1.54, 1.807) is 10.6 Å². The Morgan fingerprint density at radius 1 is 1.12 bits per heavy atom. The lowest BCUT2D eigenvalue weighted by atomic mass is 10.0. The van der Waals surface area contributed by atoms with Gasteiger partial charge >= 0.3 is 0 Å². The van der Waals surface area contributed by atoms with Gasteiger partial charge in [0.1, 0.15) is 17.2 Å². The minimum Gasteiger partial charge on any atom is -0.508 e. The van der Waals surface area contributed by atoms with Crippen molar-refractivity contribution in [2.75, 3.05) is 5.43 Å². The van der Waals surface area contributed by atoms with Gasteiger partial charge in [-0.2, -0.15) is 5.10 Å². The van der Waals surface area contributed by atoms with Crippen LogP contribution >= 0.6 is 0 Å². The molecule has 0 aliphatic heterocycles. The summed E-state index contributed by atoms with van der Waals surface area (Å²) in [5.41, 5.74) is 4.87. The van der Waals surface area contributed by atoms with E-state index in [9.17, 15) is 25.1 Å². The summed E-state index contributed by atoms with van der Waals surface area (Å²) in [5, 5.41) is 34.7. The first-order valence-electron chi connectivity index (χ1n) is 9.56. The molecule has 2 aromatic carbocycles. The number of carbonyl (C=O) groups excluding carboxylic acids is 1. The Hall–Kier alpha value is -4.66. The maximum atomic E-state index is 13.2. The zero-order valence-electron chi connectivity index (χ0n) is 16.9. The number of hydrogen-bond acceptors (Lipinski definition) is 7. The molecule has 2 aromatic heterocycles. The summed E-state index contributed by atoms with van der Waals surface area (Å²) in [6.45, 7) is 1.82. The van der Waals surface area contributed by atoms with Crippen LogP contribution < -0.4 is 5.43 Å². The molecule has 0 saturated heterocycles. The molecular weight excluding hydrogens is 412 g/mol. The molecule has 9 heteroatoms. The maximum Gasteiger partial charge on any atom is 0.294 e. The van der Waals surface area contributed by atoms with Crippen LogP contribution in [0.15, 0.2) is 72.0 Å². The number of pyridine rings is 1. The number of carbonyl (C=O) groups is 1. The average Bonchev–Trinajstić information content (AvgIpc) is 3.10. The first-order chi connectivity index (χ1) is 15.3. The number of nitro benzene ring substituents is 1. The maximum absolute atomic E-state index is 13.2. The minimum atomic E-state index is -0.601. The predicted octanol–water partition coefficient (Wildman–Crippen LogP) is 4.24. The van der Waals surface area contributed by atoms with Crippen molar-refractivity contribution in [1.82, 2.24) is 4.40 Å². The normalized spacial score (nSPS) is 11.2. The number of aromatic hydroxyl groups is 2. The van der Waals surface area contributed by atoms with Crippen molar-refractivity contribution in [3.63, 3.8) is 0 Å². The van der Waals surface area contributed by atoms with Crippen LogP contribution in [0.25, 0.3) is 5.52 Å².